The number of hydrogen-bond acceptors (Lipinski definition) is 4. The monoisotopic (exact) mass is 524 g/mol. The van der Waals surface area contributed by atoms with Gasteiger partial charge in [-0.1, -0.05) is 6.07 Å². The van der Waals surface area contributed by atoms with E-state index in [0.717, 1.165) is 58.5 Å². The highest BCUT2D eigenvalue weighted by atomic mass is 19.1. The minimum atomic E-state index is -0.352. The lowest BCUT2D eigenvalue weighted by atomic mass is 9.98. The molecule has 1 aliphatic carbocycles. The van der Waals surface area contributed by atoms with Crippen molar-refractivity contribution in [3.63, 3.8) is 0 Å². The third-order valence-electron chi connectivity index (χ3n) is 9.20. The maximum absolute atomic E-state index is 15.1. The number of allylic oxidation sites excluding steroid dienone is 2. The maximum Gasteiger partial charge on any atom is 0.320 e. The first kappa shape index (κ1) is 23.0. The Balaban J connectivity index is 1.21. The lowest BCUT2D eigenvalue weighted by Crippen LogP contribution is -2.52. The highest BCUT2D eigenvalue weighted by molar-refractivity contribution is 6.33. The van der Waals surface area contributed by atoms with Gasteiger partial charge in [-0.25, -0.2) is 14.2 Å². The molecular weight excluding hydrogens is 495 g/mol. The van der Waals surface area contributed by atoms with E-state index in [2.05, 4.69) is 21.5 Å². The van der Waals surface area contributed by atoms with Crippen LogP contribution in [0.15, 0.2) is 48.9 Å². The number of aromatic nitrogens is 3. The van der Waals surface area contributed by atoms with Gasteiger partial charge in [0.15, 0.2) is 5.78 Å². The summed E-state index contributed by atoms with van der Waals surface area (Å²) in [7, 11) is 2.12. The molecule has 8 nitrogen and oxygen atoms in total. The Bertz CT molecular complexity index is 1730. The van der Waals surface area contributed by atoms with Crippen molar-refractivity contribution >= 4 is 39.5 Å². The molecule has 198 valence electrons. The lowest BCUT2D eigenvalue weighted by Gasteiger charge is -2.35. The Morgan fingerprint density at radius 2 is 2.00 bits per heavy atom. The van der Waals surface area contributed by atoms with Gasteiger partial charge in [0.2, 0.25) is 0 Å². The van der Waals surface area contributed by atoms with Crippen LogP contribution in [0.1, 0.15) is 36.1 Å². The molecule has 2 bridgehead atoms. The summed E-state index contributed by atoms with van der Waals surface area (Å²) in [6.07, 6.45) is 7.86. The van der Waals surface area contributed by atoms with E-state index in [0.29, 0.717) is 44.1 Å². The van der Waals surface area contributed by atoms with Crippen molar-refractivity contribution in [1.82, 2.24) is 28.7 Å². The summed E-state index contributed by atoms with van der Waals surface area (Å²) in [4.78, 5) is 37.7. The lowest BCUT2D eigenvalue weighted by molar-refractivity contribution is -0.113. The molecule has 4 aromatic rings. The number of rotatable bonds is 2. The first-order chi connectivity index (χ1) is 19.0. The van der Waals surface area contributed by atoms with Crippen LogP contribution in [0.3, 0.4) is 0 Å². The number of ketones is 1. The second-order valence-corrected chi connectivity index (χ2v) is 11.4. The second kappa shape index (κ2) is 8.26. The van der Waals surface area contributed by atoms with Crippen LogP contribution in [0, 0.1) is 5.82 Å². The van der Waals surface area contributed by atoms with Crippen LogP contribution in [0.5, 0.6) is 0 Å². The van der Waals surface area contributed by atoms with E-state index in [1.165, 1.54) is 0 Å². The van der Waals surface area contributed by atoms with E-state index in [4.69, 9.17) is 0 Å². The first-order valence-electron chi connectivity index (χ1n) is 13.7. The van der Waals surface area contributed by atoms with Crippen molar-refractivity contribution in [2.45, 2.75) is 44.4 Å². The largest absolute Gasteiger partial charge is 0.345 e. The molecule has 3 aliphatic heterocycles. The molecule has 0 spiro atoms. The molecule has 2 amide bonds. The summed E-state index contributed by atoms with van der Waals surface area (Å²) >= 11 is 0. The number of Topliss-reactive ketones (excluding diaryl/α,β-unsaturated/α-hetero) is 1. The fourth-order valence-corrected chi connectivity index (χ4v) is 7.33. The first-order valence-corrected chi connectivity index (χ1v) is 13.7. The van der Waals surface area contributed by atoms with E-state index in [1.54, 1.807) is 12.1 Å². The number of hydrogen-bond donors (Lipinski definition) is 0. The van der Waals surface area contributed by atoms with Crippen LogP contribution in [0.25, 0.3) is 27.7 Å². The van der Waals surface area contributed by atoms with Gasteiger partial charge >= 0.3 is 6.03 Å². The summed E-state index contributed by atoms with van der Waals surface area (Å²) in [6, 6.07) is 9.66. The molecule has 2 fully saturated rings. The zero-order valence-electron chi connectivity index (χ0n) is 21.8. The van der Waals surface area contributed by atoms with Crippen LogP contribution in [-0.2, 0) is 17.9 Å². The van der Waals surface area contributed by atoms with E-state index in [1.807, 2.05) is 51.0 Å². The maximum atomic E-state index is 15.1. The number of likely N-dealkylation sites (N-methyl/N-ethyl adjacent to an activating group) is 1. The smallest absolute Gasteiger partial charge is 0.320 e. The third kappa shape index (κ3) is 3.35. The van der Waals surface area contributed by atoms with Crippen molar-refractivity contribution in [2.24, 2.45) is 0 Å². The predicted octanol–water partition coefficient (Wildman–Crippen LogP) is 4.03. The predicted molar refractivity (Wildman–Crippen MR) is 145 cm³/mol. The number of piperazine rings is 1. The van der Waals surface area contributed by atoms with Crippen LogP contribution in [0.2, 0.25) is 0 Å². The topological polar surface area (TPSA) is 66.1 Å². The summed E-state index contributed by atoms with van der Waals surface area (Å²) in [5, 5.41) is 0.734. The minimum absolute atomic E-state index is 0.0440. The molecule has 9 heteroatoms. The molecule has 6 heterocycles. The minimum Gasteiger partial charge on any atom is -0.345 e. The number of carbonyl (C=O) groups excluding carboxylic acids is 2. The number of carbonyl (C=O) groups is 2. The zero-order chi connectivity index (χ0) is 26.4. The number of benzene rings is 1. The molecule has 2 saturated heterocycles. The van der Waals surface area contributed by atoms with E-state index in [-0.39, 0.29) is 23.7 Å². The van der Waals surface area contributed by atoms with Crippen molar-refractivity contribution in [3.8, 4) is 0 Å². The highest BCUT2D eigenvalue weighted by Crippen LogP contribution is 2.42. The molecule has 0 N–H and O–H groups in total. The number of nitrogens with zero attached hydrogens (tertiary/aromatic N) is 6. The Labute approximate surface area is 224 Å². The number of pyridine rings is 1. The van der Waals surface area contributed by atoms with Gasteiger partial charge in [0.1, 0.15) is 11.5 Å². The van der Waals surface area contributed by atoms with Gasteiger partial charge in [0.05, 0.1) is 17.4 Å². The van der Waals surface area contributed by atoms with Crippen LogP contribution in [0.4, 0.5) is 9.18 Å². The Morgan fingerprint density at radius 1 is 1.10 bits per heavy atom. The summed E-state index contributed by atoms with van der Waals surface area (Å²) in [6.45, 7) is 3.15. The quantitative estimate of drug-likeness (QED) is 0.397. The average molecular weight is 525 g/mol. The van der Waals surface area contributed by atoms with Crippen molar-refractivity contribution in [2.75, 3.05) is 26.7 Å². The molecule has 3 aromatic heterocycles. The van der Waals surface area contributed by atoms with Crippen molar-refractivity contribution < 1.29 is 14.0 Å². The van der Waals surface area contributed by atoms with Crippen LogP contribution in [-0.4, -0.2) is 79.2 Å². The van der Waals surface area contributed by atoms with Gasteiger partial charge in [-0.15, -0.1) is 0 Å². The number of imidazole rings is 1. The van der Waals surface area contributed by atoms with Crippen molar-refractivity contribution in [3.05, 3.63) is 71.6 Å². The number of halogens is 1. The fourth-order valence-electron chi connectivity index (χ4n) is 7.33. The normalized spacial score (nSPS) is 23.2. The Morgan fingerprint density at radius 3 is 2.82 bits per heavy atom. The van der Waals surface area contributed by atoms with Gasteiger partial charge in [-0.05, 0) is 55.3 Å². The molecule has 39 heavy (non-hydrogen) atoms. The van der Waals surface area contributed by atoms with E-state index < -0.39 is 0 Å². The average Bonchev–Trinajstić information content (AvgIpc) is 3.72. The van der Waals surface area contributed by atoms with Gasteiger partial charge in [0.25, 0.3) is 0 Å². The molecular formula is C30H29FN6O2. The third-order valence-corrected chi connectivity index (χ3v) is 9.20. The van der Waals surface area contributed by atoms with Crippen LogP contribution >= 0.6 is 0 Å². The van der Waals surface area contributed by atoms with E-state index >= 15 is 4.39 Å². The number of fused-ring (bicyclic) bond motifs is 3. The zero-order valence-corrected chi connectivity index (χ0v) is 21.8. The molecule has 8 rings (SSSR count). The van der Waals surface area contributed by atoms with Gasteiger partial charge in [-0.3, -0.25) is 14.1 Å². The molecule has 2 unspecified atom stereocenters. The van der Waals surface area contributed by atoms with Gasteiger partial charge < -0.3 is 14.4 Å². The Kier molecular flexibility index (Phi) is 4.86. The Hall–Kier alpha value is -3.98. The SMILES string of the molecule is CN1CC2CC1CN2C(=O)N1CCn2cc(C3=C(c4cnc5ccccn45)CCC3=O)c3cc(F)cc(c32)C1. The van der Waals surface area contributed by atoms with E-state index in [9.17, 15) is 9.59 Å². The van der Waals surface area contributed by atoms with Crippen LogP contribution < -0.4 is 0 Å². The molecule has 0 radical (unpaired) electrons. The molecule has 2 atom stereocenters. The number of urea groups is 1. The fraction of sp³-hybridized carbons (Fsp3) is 0.367. The molecule has 0 saturated carbocycles. The summed E-state index contributed by atoms with van der Waals surface area (Å²) in [5.41, 5.74) is 5.80. The number of amides is 2. The second-order valence-electron chi connectivity index (χ2n) is 11.4. The highest BCUT2D eigenvalue weighted by Gasteiger charge is 2.45. The van der Waals surface area contributed by atoms with Gasteiger partial charge in [0, 0.05) is 80.1 Å². The summed E-state index contributed by atoms with van der Waals surface area (Å²) in [5.74, 6) is -0.279. The molecule has 4 aliphatic rings. The van der Waals surface area contributed by atoms with Gasteiger partial charge in [-0.2, -0.15) is 0 Å². The standard InChI is InChI=1S/C30H29FN6O2/c1-33-15-21-12-20(33)16-37(21)30(39)35-9-8-34-17-24(23-11-19(31)10-18(14-35)29(23)34)28-22(5-6-26(28)38)25-13-32-27-4-2-3-7-36(25)27/h2-4,7,10-11,13,17,20-21H,5-6,8-9,12,14-16H2,1H3. The summed E-state index contributed by atoms with van der Waals surface area (Å²) < 4.78 is 19.3. The number of likely N-dealkylation sites (tertiary alicyclic amines) is 2. The van der Waals surface area contributed by atoms with Crippen molar-refractivity contribution in [1.29, 1.82) is 0 Å². The molecule has 1 aromatic carbocycles.